The lowest BCUT2D eigenvalue weighted by atomic mass is 10.1. The summed E-state index contributed by atoms with van der Waals surface area (Å²) in [6.45, 7) is 1.91. The second-order valence-corrected chi connectivity index (χ2v) is 4.79. The highest BCUT2D eigenvalue weighted by Gasteiger charge is 2.27. The van der Waals surface area contributed by atoms with Crippen molar-refractivity contribution in [2.24, 2.45) is 0 Å². The van der Waals surface area contributed by atoms with Gasteiger partial charge in [0.25, 0.3) is 5.69 Å². The average molecular weight is 281 g/mol. The fourth-order valence-electron chi connectivity index (χ4n) is 2.15. The molecule has 5 heteroatoms. The molecule has 0 atom stereocenters. The Balaban J connectivity index is 1.92. The van der Waals surface area contributed by atoms with Crippen molar-refractivity contribution in [2.75, 3.05) is 0 Å². The summed E-state index contributed by atoms with van der Waals surface area (Å²) in [6.07, 6.45) is 1.58. The quantitative estimate of drug-likeness (QED) is 0.479. The number of carbonyl (C=O) groups is 1. The van der Waals surface area contributed by atoms with E-state index in [2.05, 4.69) is 0 Å². The van der Waals surface area contributed by atoms with Crippen molar-refractivity contribution in [3.63, 3.8) is 0 Å². The van der Waals surface area contributed by atoms with Crippen LogP contribution in [0.15, 0.2) is 48.2 Å². The predicted octanol–water partition coefficient (Wildman–Crippen LogP) is 3.52. The van der Waals surface area contributed by atoms with Crippen LogP contribution in [0.3, 0.4) is 0 Å². The number of aryl methyl sites for hydroxylation is 1. The minimum absolute atomic E-state index is 0.00901. The van der Waals surface area contributed by atoms with E-state index < -0.39 is 4.92 Å². The highest BCUT2D eigenvalue weighted by atomic mass is 16.6. The second-order valence-electron chi connectivity index (χ2n) is 4.79. The normalized spacial score (nSPS) is 14.9. The van der Waals surface area contributed by atoms with Crippen LogP contribution < -0.4 is 4.74 Å². The molecule has 21 heavy (non-hydrogen) atoms. The SMILES string of the molecule is Cc1ccc2c(c1)C(=O)C(=Cc1ccc([N+](=O)[O-])cc1)O2. The number of nitro benzene ring substituents is 1. The van der Waals surface area contributed by atoms with Crippen LogP contribution >= 0.6 is 0 Å². The lowest BCUT2D eigenvalue weighted by Crippen LogP contribution is -1.98. The number of carbonyl (C=O) groups excluding carboxylic acids is 1. The Bertz CT molecular complexity index is 775. The maximum atomic E-state index is 12.2. The first-order chi connectivity index (χ1) is 10.0. The molecule has 3 rings (SSSR count). The topological polar surface area (TPSA) is 69.4 Å². The van der Waals surface area contributed by atoms with E-state index in [9.17, 15) is 14.9 Å². The van der Waals surface area contributed by atoms with Gasteiger partial charge in [0, 0.05) is 12.1 Å². The van der Waals surface area contributed by atoms with Crippen molar-refractivity contribution in [3.8, 4) is 5.75 Å². The van der Waals surface area contributed by atoms with Crippen LogP contribution in [0, 0.1) is 17.0 Å². The molecular weight excluding hydrogens is 270 g/mol. The molecule has 0 saturated heterocycles. The van der Waals surface area contributed by atoms with Crippen LogP contribution in [0.1, 0.15) is 21.5 Å². The van der Waals surface area contributed by atoms with Crippen molar-refractivity contribution < 1.29 is 14.5 Å². The van der Waals surface area contributed by atoms with Gasteiger partial charge < -0.3 is 4.74 Å². The summed E-state index contributed by atoms with van der Waals surface area (Å²) >= 11 is 0. The van der Waals surface area contributed by atoms with Crippen molar-refractivity contribution in [3.05, 3.63) is 75.0 Å². The summed E-state index contributed by atoms with van der Waals surface area (Å²) in [4.78, 5) is 22.4. The van der Waals surface area contributed by atoms with E-state index >= 15 is 0 Å². The Morgan fingerprint density at radius 3 is 2.52 bits per heavy atom. The number of nitro groups is 1. The molecule has 0 amide bonds. The summed E-state index contributed by atoms with van der Waals surface area (Å²) in [7, 11) is 0. The molecule has 0 unspecified atom stereocenters. The molecule has 0 radical (unpaired) electrons. The van der Waals surface area contributed by atoms with Gasteiger partial charge in [0.2, 0.25) is 5.78 Å². The van der Waals surface area contributed by atoms with E-state index in [0.29, 0.717) is 16.9 Å². The molecule has 104 valence electrons. The summed E-state index contributed by atoms with van der Waals surface area (Å²) < 4.78 is 5.53. The number of Topliss-reactive ketones (excluding diaryl/α,β-unsaturated/α-hetero) is 1. The standard InChI is InChI=1S/C16H11NO4/c1-10-2-7-14-13(8-10)16(18)15(21-14)9-11-3-5-12(6-4-11)17(19)20/h2-9H,1H3. The number of allylic oxidation sites excluding steroid dienone is 1. The Morgan fingerprint density at radius 2 is 1.86 bits per heavy atom. The number of hydrogen-bond donors (Lipinski definition) is 0. The number of non-ortho nitro benzene ring substituents is 1. The minimum atomic E-state index is -0.466. The maximum absolute atomic E-state index is 12.2. The average Bonchev–Trinajstić information content (AvgIpc) is 2.76. The third-order valence-corrected chi connectivity index (χ3v) is 3.23. The molecular formula is C16H11NO4. The van der Waals surface area contributed by atoms with Gasteiger partial charge in [0.05, 0.1) is 10.5 Å². The van der Waals surface area contributed by atoms with Crippen molar-refractivity contribution in [2.45, 2.75) is 6.92 Å². The Kier molecular flexibility index (Phi) is 3.02. The van der Waals surface area contributed by atoms with Gasteiger partial charge in [-0.25, -0.2) is 0 Å². The molecule has 0 aliphatic carbocycles. The molecule has 0 fully saturated rings. The van der Waals surface area contributed by atoms with E-state index in [4.69, 9.17) is 4.74 Å². The van der Waals surface area contributed by atoms with E-state index in [1.807, 2.05) is 13.0 Å². The first kappa shape index (κ1) is 13.1. The zero-order valence-corrected chi connectivity index (χ0v) is 11.2. The number of ether oxygens (including phenoxy) is 1. The van der Waals surface area contributed by atoms with Gasteiger partial charge >= 0.3 is 0 Å². The van der Waals surface area contributed by atoms with Gasteiger partial charge in [-0.2, -0.15) is 0 Å². The fourth-order valence-corrected chi connectivity index (χ4v) is 2.15. The highest BCUT2D eigenvalue weighted by Crippen LogP contribution is 2.32. The molecule has 1 heterocycles. The predicted molar refractivity (Wildman–Crippen MR) is 77.2 cm³/mol. The lowest BCUT2D eigenvalue weighted by Gasteiger charge is -1.98. The van der Waals surface area contributed by atoms with Crippen LogP contribution in [-0.2, 0) is 0 Å². The smallest absolute Gasteiger partial charge is 0.269 e. The van der Waals surface area contributed by atoms with Gasteiger partial charge in [0.15, 0.2) is 5.76 Å². The molecule has 1 aliphatic heterocycles. The first-order valence-corrected chi connectivity index (χ1v) is 6.34. The zero-order chi connectivity index (χ0) is 15.0. The molecule has 0 bridgehead atoms. The second kappa shape index (κ2) is 4.86. The van der Waals surface area contributed by atoms with E-state index in [-0.39, 0.29) is 17.2 Å². The first-order valence-electron chi connectivity index (χ1n) is 6.34. The minimum Gasteiger partial charge on any atom is -0.452 e. The van der Waals surface area contributed by atoms with Crippen molar-refractivity contribution in [1.82, 2.24) is 0 Å². The molecule has 2 aromatic carbocycles. The largest absolute Gasteiger partial charge is 0.452 e. The Morgan fingerprint density at radius 1 is 1.14 bits per heavy atom. The van der Waals surface area contributed by atoms with Gasteiger partial charge in [0.1, 0.15) is 5.75 Å². The van der Waals surface area contributed by atoms with Gasteiger partial charge in [-0.15, -0.1) is 0 Å². The number of nitrogens with zero attached hydrogens (tertiary/aromatic N) is 1. The maximum Gasteiger partial charge on any atom is 0.269 e. The number of benzene rings is 2. The van der Waals surface area contributed by atoms with Crippen LogP contribution in [-0.4, -0.2) is 10.7 Å². The van der Waals surface area contributed by atoms with Crippen molar-refractivity contribution >= 4 is 17.5 Å². The molecule has 2 aromatic rings. The number of fused-ring (bicyclic) bond motifs is 1. The highest BCUT2D eigenvalue weighted by molar-refractivity contribution is 6.14. The molecule has 0 spiro atoms. The molecule has 0 N–H and O–H groups in total. The Labute approximate surface area is 120 Å². The van der Waals surface area contributed by atoms with Gasteiger partial charge in [-0.1, -0.05) is 11.6 Å². The third-order valence-electron chi connectivity index (χ3n) is 3.23. The zero-order valence-electron chi connectivity index (χ0n) is 11.2. The Hall–Kier alpha value is -2.95. The fraction of sp³-hybridized carbons (Fsp3) is 0.0625. The number of rotatable bonds is 2. The van der Waals surface area contributed by atoms with Crippen LogP contribution in [0.4, 0.5) is 5.69 Å². The van der Waals surface area contributed by atoms with E-state index in [1.54, 1.807) is 30.3 Å². The number of ketones is 1. The lowest BCUT2D eigenvalue weighted by molar-refractivity contribution is -0.384. The molecule has 5 nitrogen and oxygen atoms in total. The third kappa shape index (κ3) is 2.41. The van der Waals surface area contributed by atoms with Crippen LogP contribution in [0.5, 0.6) is 5.75 Å². The summed E-state index contributed by atoms with van der Waals surface area (Å²) in [5.41, 5.74) is 2.22. The monoisotopic (exact) mass is 281 g/mol. The molecule has 0 saturated carbocycles. The molecule has 0 aromatic heterocycles. The van der Waals surface area contributed by atoms with Gasteiger partial charge in [-0.3, -0.25) is 14.9 Å². The summed E-state index contributed by atoms with van der Waals surface area (Å²) in [5.74, 6) is 0.593. The van der Waals surface area contributed by atoms with Gasteiger partial charge in [-0.05, 0) is 42.8 Å². The van der Waals surface area contributed by atoms with Crippen LogP contribution in [0.25, 0.3) is 6.08 Å². The number of hydrogen-bond acceptors (Lipinski definition) is 4. The molecule has 1 aliphatic rings. The van der Waals surface area contributed by atoms with Crippen LogP contribution in [0.2, 0.25) is 0 Å². The van der Waals surface area contributed by atoms with E-state index in [0.717, 1.165) is 5.56 Å². The van der Waals surface area contributed by atoms with E-state index in [1.165, 1.54) is 12.1 Å². The van der Waals surface area contributed by atoms with Crippen molar-refractivity contribution in [1.29, 1.82) is 0 Å². The summed E-state index contributed by atoms with van der Waals surface area (Å²) in [5, 5.41) is 10.6. The summed E-state index contributed by atoms with van der Waals surface area (Å²) in [6, 6.07) is 11.4.